The van der Waals surface area contributed by atoms with Gasteiger partial charge in [-0.2, -0.15) is 0 Å². The van der Waals surface area contributed by atoms with E-state index in [1.165, 1.54) is 5.56 Å². The fourth-order valence-corrected chi connectivity index (χ4v) is 2.71. The molecule has 0 spiro atoms. The van der Waals surface area contributed by atoms with Crippen LogP contribution < -0.4 is 20.7 Å². The number of carbonyl (C=O) groups is 1. The molecule has 1 aromatic heterocycles. The number of para-hydroxylation sites is 1. The molecule has 0 bridgehead atoms. The minimum absolute atomic E-state index is 0.0238. The molecule has 1 aromatic carbocycles. The molecule has 0 fully saturated rings. The molecule has 2 aromatic rings. The average Bonchev–Trinajstić information content (AvgIpc) is 3.08. The van der Waals surface area contributed by atoms with Gasteiger partial charge in [0.05, 0.1) is 18.4 Å². The number of benzene rings is 1. The van der Waals surface area contributed by atoms with Gasteiger partial charge in [-0.05, 0) is 30.7 Å². The SMILES string of the molecule is CCNC(=NCC(=O)Nc1cccnc1)NCC1Cc2ccccc2O1. The number of carbonyl (C=O) groups excluding carboxylic acids is 1. The lowest BCUT2D eigenvalue weighted by Gasteiger charge is -2.15. The Balaban J connectivity index is 1.49. The molecule has 2 heterocycles. The Labute approximate surface area is 152 Å². The van der Waals surface area contributed by atoms with Crippen molar-refractivity contribution in [3.8, 4) is 5.75 Å². The first-order chi connectivity index (χ1) is 12.7. The molecule has 1 amide bonds. The van der Waals surface area contributed by atoms with Gasteiger partial charge in [-0.15, -0.1) is 0 Å². The molecular formula is C19H23N5O2. The first kappa shape index (κ1) is 17.7. The Bertz CT molecular complexity index is 739. The zero-order chi connectivity index (χ0) is 18.2. The number of anilines is 1. The van der Waals surface area contributed by atoms with E-state index in [1.54, 1.807) is 24.5 Å². The van der Waals surface area contributed by atoms with Gasteiger partial charge < -0.3 is 20.7 Å². The lowest BCUT2D eigenvalue weighted by Crippen LogP contribution is -2.42. The van der Waals surface area contributed by atoms with Gasteiger partial charge in [0.1, 0.15) is 18.4 Å². The van der Waals surface area contributed by atoms with Crippen LogP contribution in [0.5, 0.6) is 5.75 Å². The van der Waals surface area contributed by atoms with E-state index in [-0.39, 0.29) is 18.6 Å². The zero-order valence-corrected chi connectivity index (χ0v) is 14.7. The number of aliphatic imine (C=N–C) groups is 1. The normalized spacial score (nSPS) is 15.7. The van der Waals surface area contributed by atoms with Crippen LogP contribution in [0.4, 0.5) is 5.69 Å². The van der Waals surface area contributed by atoms with Gasteiger partial charge in [-0.25, -0.2) is 4.99 Å². The molecule has 26 heavy (non-hydrogen) atoms. The summed E-state index contributed by atoms with van der Waals surface area (Å²) in [5.74, 6) is 1.34. The molecule has 0 saturated carbocycles. The number of nitrogens with one attached hydrogen (secondary N) is 3. The summed E-state index contributed by atoms with van der Waals surface area (Å²) < 4.78 is 5.91. The van der Waals surface area contributed by atoms with Crippen LogP contribution in [0.1, 0.15) is 12.5 Å². The molecule has 0 aliphatic carbocycles. The van der Waals surface area contributed by atoms with E-state index in [9.17, 15) is 4.79 Å². The van der Waals surface area contributed by atoms with Crippen LogP contribution in [0.2, 0.25) is 0 Å². The molecule has 136 valence electrons. The Morgan fingerprint density at radius 2 is 2.15 bits per heavy atom. The number of guanidine groups is 1. The number of hydrogen-bond donors (Lipinski definition) is 3. The van der Waals surface area contributed by atoms with E-state index >= 15 is 0 Å². The van der Waals surface area contributed by atoms with Crippen LogP contribution in [-0.4, -0.2) is 42.6 Å². The monoisotopic (exact) mass is 353 g/mol. The highest BCUT2D eigenvalue weighted by Crippen LogP contribution is 2.27. The van der Waals surface area contributed by atoms with Gasteiger partial charge >= 0.3 is 0 Å². The quantitative estimate of drug-likeness (QED) is 0.542. The average molecular weight is 353 g/mol. The van der Waals surface area contributed by atoms with Crippen LogP contribution in [0.25, 0.3) is 0 Å². The van der Waals surface area contributed by atoms with Gasteiger partial charge in [-0.3, -0.25) is 9.78 Å². The summed E-state index contributed by atoms with van der Waals surface area (Å²) in [5.41, 5.74) is 1.87. The number of nitrogens with zero attached hydrogens (tertiary/aromatic N) is 2. The summed E-state index contributed by atoms with van der Waals surface area (Å²) in [6, 6.07) is 11.6. The summed E-state index contributed by atoms with van der Waals surface area (Å²) in [6.45, 7) is 3.33. The van der Waals surface area contributed by atoms with Crippen molar-refractivity contribution in [1.82, 2.24) is 15.6 Å². The fraction of sp³-hybridized carbons (Fsp3) is 0.316. The predicted octanol–water partition coefficient (Wildman–Crippen LogP) is 1.58. The second kappa shape index (κ2) is 8.84. The molecule has 1 atom stereocenters. The molecule has 3 rings (SSSR count). The van der Waals surface area contributed by atoms with Crippen molar-refractivity contribution in [2.75, 3.05) is 25.0 Å². The largest absolute Gasteiger partial charge is 0.488 e. The molecule has 0 saturated heterocycles. The summed E-state index contributed by atoms with van der Waals surface area (Å²) in [6.07, 6.45) is 4.18. The molecule has 1 aliphatic heterocycles. The summed E-state index contributed by atoms with van der Waals surface area (Å²) in [4.78, 5) is 20.3. The van der Waals surface area contributed by atoms with Crippen LogP contribution in [0, 0.1) is 0 Å². The summed E-state index contributed by atoms with van der Waals surface area (Å²) in [5, 5.41) is 9.14. The van der Waals surface area contributed by atoms with E-state index in [0.29, 0.717) is 24.7 Å². The standard InChI is InChI=1S/C19H23N5O2/c1-2-21-19(23-13-18(25)24-15-7-5-9-20-11-15)22-12-16-10-14-6-3-4-8-17(14)26-16/h3-9,11,16H,2,10,12-13H2,1H3,(H,24,25)(H2,21,22,23). The second-order valence-corrected chi connectivity index (χ2v) is 5.92. The van der Waals surface area contributed by atoms with Crippen molar-refractivity contribution < 1.29 is 9.53 Å². The maximum absolute atomic E-state index is 12.0. The minimum atomic E-state index is -0.195. The van der Waals surface area contributed by atoms with E-state index in [1.807, 2.05) is 25.1 Å². The zero-order valence-electron chi connectivity index (χ0n) is 14.7. The van der Waals surface area contributed by atoms with Crippen molar-refractivity contribution in [3.63, 3.8) is 0 Å². The van der Waals surface area contributed by atoms with E-state index in [0.717, 1.165) is 12.2 Å². The smallest absolute Gasteiger partial charge is 0.246 e. The van der Waals surface area contributed by atoms with Gasteiger partial charge in [0.15, 0.2) is 5.96 Å². The highest BCUT2D eigenvalue weighted by molar-refractivity contribution is 5.93. The van der Waals surface area contributed by atoms with Crippen LogP contribution >= 0.6 is 0 Å². The number of ether oxygens (including phenoxy) is 1. The molecule has 7 heteroatoms. The minimum Gasteiger partial charge on any atom is -0.488 e. The fourth-order valence-electron chi connectivity index (χ4n) is 2.71. The van der Waals surface area contributed by atoms with Crippen molar-refractivity contribution in [2.45, 2.75) is 19.4 Å². The molecule has 1 unspecified atom stereocenters. The van der Waals surface area contributed by atoms with E-state index < -0.39 is 0 Å². The predicted molar refractivity (Wildman–Crippen MR) is 101 cm³/mol. The summed E-state index contributed by atoms with van der Waals surface area (Å²) in [7, 11) is 0. The Hall–Kier alpha value is -3.09. The number of amides is 1. The Morgan fingerprint density at radius 1 is 1.27 bits per heavy atom. The lowest BCUT2D eigenvalue weighted by atomic mass is 10.1. The van der Waals surface area contributed by atoms with Crippen molar-refractivity contribution in [2.24, 2.45) is 4.99 Å². The third-order valence-corrected chi connectivity index (χ3v) is 3.88. The second-order valence-electron chi connectivity index (χ2n) is 5.92. The number of hydrogen-bond acceptors (Lipinski definition) is 4. The summed E-state index contributed by atoms with van der Waals surface area (Å²) >= 11 is 0. The highest BCUT2D eigenvalue weighted by atomic mass is 16.5. The third-order valence-electron chi connectivity index (χ3n) is 3.88. The molecule has 7 nitrogen and oxygen atoms in total. The number of aromatic nitrogens is 1. The van der Waals surface area contributed by atoms with Gasteiger partial charge in [0, 0.05) is 19.2 Å². The Morgan fingerprint density at radius 3 is 2.92 bits per heavy atom. The van der Waals surface area contributed by atoms with Crippen LogP contribution in [0.15, 0.2) is 53.8 Å². The molecule has 0 radical (unpaired) electrons. The maximum Gasteiger partial charge on any atom is 0.246 e. The van der Waals surface area contributed by atoms with Crippen molar-refractivity contribution in [1.29, 1.82) is 0 Å². The van der Waals surface area contributed by atoms with Gasteiger partial charge in [0.25, 0.3) is 0 Å². The Kier molecular flexibility index (Phi) is 6.03. The number of fused-ring (bicyclic) bond motifs is 1. The molecule has 1 aliphatic rings. The van der Waals surface area contributed by atoms with Gasteiger partial charge in [-0.1, -0.05) is 18.2 Å². The number of pyridine rings is 1. The van der Waals surface area contributed by atoms with Crippen molar-refractivity contribution in [3.05, 3.63) is 54.4 Å². The van der Waals surface area contributed by atoms with Crippen molar-refractivity contribution >= 4 is 17.6 Å². The first-order valence-electron chi connectivity index (χ1n) is 8.71. The molecular weight excluding hydrogens is 330 g/mol. The van der Waals surface area contributed by atoms with Crippen LogP contribution in [0.3, 0.4) is 0 Å². The number of rotatable bonds is 6. The van der Waals surface area contributed by atoms with E-state index in [4.69, 9.17) is 4.74 Å². The van der Waals surface area contributed by atoms with Gasteiger partial charge in [0.2, 0.25) is 5.91 Å². The maximum atomic E-state index is 12.0. The first-order valence-corrected chi connectivity index (χ1v) is 8.71. The third kappa shape index (κ3) is 4.95. The van der Waals surface area contributed by atoms with E-state index in [2.05, 4.69) is 32.0 Å². The molecule has 3 N–H and O–H groups in total. The highest BCUT2D eigenvalue weighted by Gasteiger charge is 2.22. The topological polar surface area (TPSA) is 87.6 Å². The van der Waals surface area contributed by atoms with Crippen LogP contribution in [-0.2, 0) is 11.2 Å². The lowest BCUT2D eigenvalue weighted by molar-refractivity contribution is -0.114.